The number of amides is 2. The number of anilines is 1. The van der Waals surface area contributed by atoms with E-state index < -0.39 is 15.8 Å². The first-order valence-corrected chi connectivity index (χ1v) is 9.99. The molecule has 0 heterocycles. The van der Waals surface area contributed by atoms with Gasteiger partial charge in [-0.15, -0.1) is 0 Å². The number of carbonyl (C=O) groups is 1. The van der Waals surface area contributed by atoms with E-state index in [4.69, 9.17) is 0 Å². The topological polar surface area (TPSA) is 78.5 Å². The molecule has 134 valence electrons. The molecule has 0 bridgehead atoms. The standard InChI is InChI=1S/C16H24FN3O3S/c1-24(22,23)20(15-9-7-13(17)8-10-15)12-11-18-16(21)19-14-5-3-2-4-6-14/h7-10,14H,2-6,11-12H2,1H3,(H2,18,19,21). The SMILES string of the molecule is CS(=O)(=O)N(CCNC(=O)NC1CCCCC1)c1ccc(F)cc1. The summed E-state index contributed by atoms with van der Waals surface area (Å²) in [6, 6.07) is 5.13. The number of nitrogens with zero attached hydrogens (tertiary/aromatic N) is 1. The summed E-state index contributed by atoms with van der Waals surface area (Å²) in [5.41, 5.74) is 0.369. The Morgan fingerprint density at radius 1 is 1.21 bits per heavy atom. The van der Waals surface area contributed by atoms with Crippen molar-refractivity contribution in [2.75, 3.05) is 23.7 Å². The zero-order valence-electron chi connectivity index (χ0n) is 13.8. The summed E-state index contributed by atoms with van der Waals surface area (Å²) < 4.78 is 38.0. The second kappa shape index (κ2) is 8.32. The van der Waals surface area contributed by atoms with E-state index in [-0.39, 0.29) is 25.2 Å². The maximum atomic E-state index is 13.0. The van der Waals surface area contributed by atoms with E-state index in [9.17, 15) is 17.6 Å². The fourth-order valence-electron chi connectivity index (χ4n) is 2.85. The van der Waals surface area contributed by atoms with Gasteiger partial charge in [0, 0.05) is 12.6 Å². The van der Waals surface area contributed by atoms with Crippen molar-refractivity contribution >= 4 is 21.7 Å². The van der Waals surface area contributed by atoms with Crippen LogP contribution in [0.4, 0.5) is 14.9 Å². The Labute approximate surface area is 142 Å². The van der Waals surface area contributed by atoms with Crippen LogP contribution in [-0.2, 0) is 10.0 Å². The van der Waals surface area contributed by atoms with Crippen LogP contribution < -0.4 is 14.9 Å². The van der Waals surface area contributed by atoms with Gasteiger partial charge in [-0.3, -0.25) is 4.31 Å². The molecule has 1 saturated carbocycles. The van der Waals surface area contributed by atoms with Crippen molar-refractivity contribution in [1.29, 1.82) is 0 Å². The van der Waals surface area contributed by atoms with Crippen LogP contribution in [0.3, 0.4) is 0 Å². The van der Waals surface area contributed by atoms with Gasteiger partial charge in [0.15, 0.2) is 0 Å². The molecule has 1 aromatic rings. The first kappa shape index (κ1) is 18.5. The first-order chi connectivity index (χ1) is 11.4. The lowest BCUT2D eigenvalue weighted by Gasteiger charge is -2.24. The van der Waals surface area contributed by atoms with Crippen LogP contribution in [0.1, 0.15) is 32.1 Å². The lowest BCUT2D eigenvalue weighted by atomic mass is 9.96. The summed E-state index contributed by atoms with van der Waals surface area (Å²) in [4.78, 5) is 11.9. The van der Waals surface area contributed by atoms with Crippen LogP contribution >= 0.6 is 0 Å². The number of halogens is 1. The molecule has 24 heavy (non-hydrogen) atoms. The van der Waals surface area contributed by atoms with Gasteiger partial charge in [0.25, 0.3) is 0 Å². The number of sulfonamides is 1. The van der Waals surface area contributed by atoms with E-state index >= 15 is 0 Å². The minimum Gasteiger partial charge on any atom is -0.336 e. The van der Waals surface area contributed by atoms with Crippen molar-refractivity contribution in [3.05, 3.63) is 30.1 Å². The highest BCUT2D eigenvalue weighted by Gasteiger charge is 2.18. The van der Waals surface area contributed by atoms with E-state index in [1.807, 2.05) is 0 Å². The fraction of sp³-hybridized carbons (Fsp3) is 0.562. The maximum Gasteiger partial charge on any atom is 0.315 e. The van der Waals surface area contributed by atoms with Crippen molar-refractivity contribution in [3.8, 4) is 0 Å². The quantitative estimate of drug-likeness (QED) is 0.819. The molecule has 1 aliphatic carbocycles. The molecule has 2 N–H and O–H groups in total. The second-order valence-electron chi connectivity index (χ2n) is 6.05. The van der Waals surface area contributed by atoms with Gasteiger partial charge in [0.1, 0.15) is 5.82 Å². The van der Waals surface area contributed by atoms with E-state index in [1.54, 1.807) is 0 Å². The van der Waals surface area contributed by atoms with Gasteiger partial charge in [-0.25, -0.2) is 17.6 Å². The molecule has 1 aromatic carbocycles. The molecule has 8 heteroatoms. The summed E-state index contributed by atoms with van der Waals surface area (Å²) in [6.07, 6.45) is 6.50. The summed E-state index contributed by atoms with van der Waals surface area (Å²) in [5, 5.41) is 5.59. The summed E-state index contributed by atoms with van der Waals surface area (Å²) >= 11 is 0. The average molecular weight is 357 g/mol. The van der Waals surface area contributed by atoms with Crippen molar-refractivity contribution < 1.29 is 17.6 Å². The number of urea groups is 1. The molecule has 1 aliphatic rings. The molecular weight excluding hydrogens is 333 g/mol. The Kier molecular flexibility index (Phi) is 6.42. The smallest absolute Gasteiger partial charge is 0.315 e. The predicted molar refractivity (Wildman–Crippen MR) is 92.0 cm³/mol. The molecule has 0 atom stereocenters. The number of benzene rings is 1. The number of hydrogen-bond acceptors (Lipinski definition) is 3. The van der Waals surface area contributed by atoms with E-state index in [1.165, 1.54) is 30.7 Å². The molecular formula is C16H24FN3O3S. The average Bonchev–Trinajstić information content (AvgIpc) is 2.52. The zero-order chi connectivity index (χ0) is 17.6. The van der Waals surface area contributed by atoms with Crippen molar-refractivity contribution in [2.24, 2.45) is 0 Å². The molecule has 0 aromatic heterocycles. The number of nitrogens with one attached hydrogen (secondary N) is 2. The molecule has 0 aliphatic heterocycles. The largest absolute Gasteiger partial charge is 0.336 e. The molecule has 6 nitrogen and oxygen atoms in total. The highest BCUT2D eigenvalue weighted by Crippen LogP contribution is 2.18. The van der Waals surface area contributed by atoms with Gasteiger partial charge in [0.2, 0.25) is 10.0 Å². The van der Waals surface area contributed by atoms with Crippen molar-refractivity contribution in [1.82, 2.24) is 10.6 Å². The predicted octanol–water partition coefficient (Wildman–Crippen LogP) is 2.22. The van der Waals surface area contributed by atoms with Gasteiger partial charge in [-0.05, 0) is 37.1 Å². The second-order valence-corrected chi connectivity index (χ2v) is 7.95. The van der Waals surface area contributed by atoms with Crippen LogP contribution in [0.5, 0.6) is 0 Å². The normalized spacial score (nSPS) is 15.8. The molecule has 0 radical (unpaired) electrons. The van der Waals surface area contributed by atoms with Crippen LogP contribution in [0.25, 0.3) is 0 Å². The number of carbonyl (C=O) groups excluding carboxylic acids is 1. The Morgan fingerprint density at radius 3 is 2.42 bits per heavy atom. The van der Waals surface area contributed by atoms with Gasteiger partial charge in [-0.2, -0.15) is 0 Å². The maximum absolute atomic E-state index is 13.0. The van der Waals surface area contributed by atoms with Crippen LogP contribution in [0.15, 0.2) is 24.3 Å². The minimum atomic E-state index is -3.52. The van der Waals surface area contributed by atoms with Crippen LogP contribution in [0, 0.1) is 5.82 Å². The highest BCUT2D eigenvalue weighted by molar-refractivity contribution is 7.92. The van der Waals surface area contributed by atoms with Crippen LogP contribution in [-0.4, -0.2) is 39.8 Å². The van der Waals surface area contributed by atoms with Gasteiger partial charge < -0.3 is 10.6 Å². The first-order valence-electron chi connectivity index (χ1n) is 8.14. The van der Waals surface area contributed by atoms with Crippen molar-refractivity contribution in [3.63, 3.8) is 0 Å². The Morgan fingerprint density at radius 2 is 1.83 bits per heavy atom. The number of hydrogen-bond donors (Lipinski definition) is 2. The van der Waals surface area contributed by atoms with Gasteiger partial charge >= 0.3 is 6.03 Å². The van der Waals surface area contributed by atoms with Crippen molar-refractivity contribution in [2.45, 2.75) is 38.1 Å². The lowest BCUT2D eigenvalue weighted by Crippen LogP contribution is -2.45. The molecule has 0 saturated heterocycles. The Hall–Kier alpha value is -1.83. The third-order valence-electron chi connectivity index (χ3n) is 4.06. The Bertz CT molecular complexity index is 643. The third-order valence-corrected chi connectivity index (χ3v) is 5.25. The van der Waals surface area contributed by atoms with E-state index in [0.717, 1.165) is 36.2 Å². The monoisotopic (exact) mass is 357 g/mol. The van der Waals surface area contributed by atoms with Gasteiger partial charge in [-0.1, -0.05) is 19.3 Å². The molecule has 0 spiro atoms. The van der Waals surface area contributed by atoms with E-state index in [2.05, 4.69) is 10.6 Å². The molecule has 2 rings (SSSR count). The van der Waals surface area contributed by atoms with E-state index in [0.29, 0.717) is 5.69 Å². The fourth-order valence-corrected chi connectivity index (χ4v) is 3.78. The lowest BCUT2D eigenvalue weighted by molar-refractivity contribution is 0.233. The highest BCUT2D eigenvalue weighted by atomic mass is 32.2. The van der Waals surface area contributed by atoms with Gasteiger partial charge in [0.05, 0.1) is 18.5 Å². The summed E-state index contributed by atoms with van der Waals surface area (Å²) in [7, 11) is -3.52. The molecule has 0 unspecified atom stereocenters. The summed E-state index contributed by atoms with van der Waals surface area (Å²) in [6.45, 7) is 0.256. The minimum absolute atomic E-state index is 0.0859. The third kappa shape index (κ3) is 5.67. The van der Waals surface area contributed by atoms with Crippen LogP contribution in [0.2, 0.25) is 0 Å². The Balaban J connectivity index is 1.86. The molecule has 1 fully saturated rings. The zero-order valence-corrected chi connectivity index (χ0v) is 14.6. The molecule has 2 amide bonds. The summed E-state index contributed by atoms with van der Waals surface area (Å²) in [5.74, 6) is -0.433. The number of rotatable bonds is 6.